The summed E-state index contributed by atoms with van der Waals surface area (Å²) >= 11 is 1.61. The Hall–Kier alpha value is -1.89. The second-order valence-corrected chi connectivity index (χ2v) is 6.50. The molecule has 0 aliphatic rings. The third kappa shape index (κ3) is 5.55. The van der Waals surface area contributed by atoms with Crippen LogP contribution in [0.25, 0.3) is 0 Å². The number of urea groups is 1. The first-order chi connectivity index (χ1) is 9.72. The van der Waals surface area contributed by atoms with E-state index in [2.05, 4.69) is 5.32 Å². The third-order valence-electron chi connectivity index (χ3n) is 3.05. The van der Waals surface area contributed by atoms with Crippen molar-refractivity contribution in [2.24, 2.45) is 5.41 Å². The van der Waals surface area contributed by atoms with Crippen LogP contribution in [-0.4, -0.2) is 41.5 Å². The molecule has 3 amide bonds. The molecule has 0 unspecified atom stereocenters. The van der Waals surface area contributed by atoms with Crippen molar-refractivity contribution in [2.45, 2.75) is 26.7 Å². The van der Waals surface area contributed by atoms with Gasteiger partial charge in [-0.1, -0.05) is 6.07 Å². The lowest BCUT2D eigenvalue weighted by Crippen LogP contribution is -2.43. The van der Waals surface area contributed by atoms with Crippen LogP contribution >= 0.6 is 11.3 Å². The maximum Gasteiger partial charge on any atom is 0.323 e. The van der Waals surface area contributed by atoms with Crippen LogP contribution in [0.4, 0.5) is 4.79 Å². The highest BCUT2D eigenvalue weighted by Crippen LogP contribution is 2.20. The molecular formula is C14H20N2O4S. The molecular weight excluding hydrogens is 292 g/mol. The molecule has 0 aliphatic carbocycles. The number of hydrogen-bond acceptors (Lipinski definition) is 4. The summed E-state index contributed by atoms with van der Waals surface area (Å²) in [5, 5.41) is 13.1. The molecule has 0 saturated heterocycles. The van der Waals surface area contributed by atoms with E-state index in [1.807, 2.05) is 17.5 Å². The van der Waals surface area contributed by atoms with Gasteiger partial charge in [0.15, 0.2) is 0 Å². The van der Waals surface area contributed by atoms with Gasteiger partial charge in [0.25, 0.3) is 0 Å². The Morgan fingerprint density at radius 1 is 1.38 bits per heavy atom. The van der Waals surface area contributed by atoms with Gasteiger partial charge in [0.2, 0.25) is 5.91 Å². The van der Waals surface area contributed by atoms with Gasteiger partial charge in [-0.15, -0.1) is 11.3 Å². The number of nitrogens with zero attached hydrogens (tertiary/aromatic N) is 1. The van der Waals surface area contributed by atoms with E-state index in [0.29, 0.717) is 6.54 Å². The van der Waals surface area contributed by atoms with Gasteiger partial charge in [0.1, 0.15) is 0 Å². The standard InChI is InChI=1S/C14H20N2O4S/c1-14(2,12(18)19)9-11(17)15-13(20)16(3)7-6-10-5-4-8-21-10/h4-5,8H,6-7,9H2,1-3H3,(H,18,19)(H,15,17,20). The number of carbonyl (C=O) groups excluding carboxylic acids is 2. The lowest BCUT2D eigenvalue weighted by atomic mass is 9.89. The second kappa shape index (κ2) is 7.21. The molecule has 0 aromatic carbocycles. The quantitative estimate of drug-likeness (QED) is 0.840. The average molecular weight is 312 g/mol. The van der Waals surface area contributed by atoms with Gasteiger partial charge >= 0.3 is 12.0 Å². The lowest BCUT2D eigenvalue weighted by Gasteiger charge is -2.20. The molecule has 0 fully saturated rings. The van der Waals surface area contributed by atoms with E-state index >= 15 is 0 Å². The van der Waals surface area contributed by atoms with Crippen molar-refractivity contribution in [2.75, 3.05) is 13.6 Å². The molecule has 0 atom stereocenters. The van der Waals surface area contributed by atoms with Crippen LogP contribution in [0, 0.1) is 5.41 Å². The van der Waals surface area contributed by atoms with E-state index < -0.39 is 23.3 Å². The highest BCUT2D eigenvalue weighted by Gasteiger charge is 2.30. The monoisotopic (exact) mass is 312 g/mol. The molecule has 1 rings (SSSR count). The van der Waals surface area contributed by atoms with Gasteiger partial charge in [0.05, 0.1) is 5.41 Å². The van der Waals surface area contributed by atoms with Gasteiger partial charge in [-0.25, -0.2) is 4.79 Å². The van der Waals surface area contributed by atoms with Crippen LogP contribution in [-0.2, 0) is 16.0 Å². The van der Waals surface area contributed by atoms with E-state index in [9.17, 15) is 14.4 Å². The van der Waals surface area contributed by atoms with Crippen LogP contribution in [0.5, 0.6) is 0 Å². The summed E-state index contributed by atoms with van der Waals surface area (Å²) in [7, 11) is 1.60. The largest absolute Gasteiger partial charge is 0.481 e. The zero-order chi connectivity index (χ0) is 16.0. The number of amides is 3. The van der Waals surface area contributed by atoms with Crippen molar-refractivity contribution in [1.29, 1.82) is 0 Å². The summed E-state index contributed by atoms with van der Waals surface area (Å²) in [5.74, 6) is -1.66. The second-order valence-electron chi connectivity index (χ2n) is 5.47. The first kappa shape index (κ1) is 17.2. The van der Waals surface area contributed by atoms with Gasteiger partial charge in [-0.05, 0) is 31.7 Å². The number of carboxylic acid groups (broad SMARTS) is 1. The van der Waals surface area contributed by atoms with Crippen LogP contribution in [0.2, 0.25) is 0 Å². The third-order valence-corrected chi connectivity index (χ3v) is 3.98. The van der Waals surface area contributed by atoms with Crippen LogP contribution < -0.4 is 5.32 Å². The molecule has 0 radical (unpaired) electrons. The summed E-state index contributed by atoms with van der Waals surface area (Å²) in [5.41, 5.74) is -1.19. The number of carbonyl (C=O) groups is 3. The Balaban J connectivity index is 2.41. The van der Waals surface area contributed by atoms with Crippen molar-refractivity contribution >= 4 is 29.2 Å². The fraction of sp³-hybridized carbons (Fsp3) is 0.500. The minimum Gasteiger partial charge on any atom is -0.481 e. The van der Waals surface area contributed by atoms with Crippen LogP contribution in [0.15, 0.2) is 17.5 Å². The first-order valence-electron chi connectivity index (χ1n) is 6.53. The van der Waals surface area contributed by atoms with Crippen molar-refractivity contribution in [3.8, 4) is 0 Å². The predicted molar refractivity (Wildman–Crippen MR) is 80.2 cm³/mol. The average Bonchev–Trinajstić information content (AvgIpc) is 2.87. The Morgan fingerprint density at radius 3 is 2.57 bits per heavy atom. The van der Waals surface area contributed by atoms with Gasteiger partial charge < -0.3 is 10.0 Å². The summed E-state index contributed by atoms with van der Waals surface area (Å²) in [6.45, 7) is 3.38. The fourth-order valence-corrected chi connectivity index (χ4v) is 2.27. The number of likely N-dealkylation sites (N-methyl/N-ethyl adjacent to an activating group) is 1. The first-order valence-corrected chi connectivity index (χ1v) is 7.41. The minimum absolute atomic E-state index is 0.243. The predicted octanol–water partition coefficient (Wildman–Crippen LogP) is 1.96. The lowest BCUT2D eigenvalue weighted by molar-refractivity contribution is -0.149. The van der Waals surface area contributed by atoms with Gasteiger partial charge in [-0.2, -0.15) is 0 Å². The van der Waals surface area contributed by atoms with Gasteiger partial charge in [-0.3, -0.25) is 14.9 Å². The zero-order valence-corrected chi connectivity index (χ0v) is 13.2. The molecule has 1 aromatic heterocycles. The number of carboxylic acids is 1. The summed E-state index contributed by atoms with van der Waals surface area (Å²) < 4.78 is 0. The molecule has 116 valence electrons. The number of aliphatic carboxylic acids is 1. The highest BCUT2D eigenvalue weighted by atomic mass is 32.1. The Kier molecular flexibility index (Phi) is 5.90. The summed E-state index contributed by atoms with van der Waals surface area (Å²) in [6.07, 6.45) is 0.475. The van der Waals surface area contributed by atoms with E-state index in [1.165, 1.54) is 18.7 Å². The van der Waals surface area contributed by atoms with Gasteiger partial charge in [0, 0.05) is 24.9 Å². The zero-order valence-electron chi connectivity index (χ0n) is 12.4. The Morgan fingerprint density at radius 2 is 2.05 bits per heavy atom. The molecule has 21 heavy (non-hydrogen) atoms. The van der Waals surface area contributed by atoms with E-state index in [4.69, 9.17) is 5.11 Å². The number of hydrogen-bond donors (Lipinski definition) is 2. The van der Waals surface area contributed by atoms with Crippen molar-refractivity contribution < 1.29 is 19.5 Å². The molecule has 0 aliphatic heterocycles. The van der Waals surface area contributed by atoms with Crippen molar-refractivity contribution in [3.63, 3.8) is 0 Å². The van der Waals surface area contributed by atoms with E-state index in [0.717, 1.165) is 11.3 Å². The molecule has 1 heterocycles. The minimum atomic E-state index is -1.19. The molecule has 6 nitrogen and oxygen atoms in total. The SMILES string of the molecule is CN(CCc1cccs1)C(=O)NC(=O)CC(C)(C)C(=O)O. The molecule has 0 bridgehead atoms. The topological polar surface area (TPSA) is 86.7 Å². The Labute approximate surface area is 127 Å². The molecule has 0 saturated carbocycles. The number of rotatable bonds is 6. The van der Waals surface area contributed by atoms with E-state index in [1.54, 1.807) is 18.4 Å². The molecule has 2 N–H and O–H groups in total. The highest BCUT2D eigenvalue weighted by molar-refractivity contribution is 7.09. The summed E-state index contributed by atoms with van der Waals surface area (Å²) in [6, 6.07) is 3.41. The van der Waals surface area contributed by atoms with Crippen LogP contribution in [0.1, 0.15) is 25.1 Å². The fourth-order valence-electron chi connectivity index (χ4n) is 1.57. The molecule has 1 aromatic rings. The number of nitrogens with one attached hydrogen (secondary N) is 1. The Bertz CT molecular complexity index is 511. The normalized spacial score (nSPS) is 11.0. The summed E-state index contributed by atoms with van der Waals surface area (Å²) in [4.78, 5) is 37.0. The van der Waals surface area contributed by atoms with Crippen molar-refractivity contribution in [1.82, 2.24) is 10.2 Å². The maximum atomic E-state index is 11.8. The van der Waals surface area contributed by atoms with Crippen molar-refractivity contribution in [3.05, 3.63) is 22.4 Å². The van der Waals surface area contributed by atoms with E-state index in [-0.39, 0.29) is 6.42 Å². The van der Waals surface area contributed by atoms with Crippen LogP contribution in [0.3, 0.4) is 0 Å². The molecule has 7 heteroatoms. The number of thiophene rings is 1. The smallest absolute Gasteiger partial charge is 0.323 e. The number of imide groups is 1. The molecule has 0 spiro atoms. The maximum absolute atomic E-state index is 11.8.